The van der Waals surface area contributed by atoms with E-state index in [1.54, 1.807) is 13.0 Å². The summed E-state index contributed by atoms with van der Waals surface area (Å²) in [5.74, 6) is 0.166. The maximum Gasteiger partial charge on any atom is 0.373 e. The zero-order chi connectivity index (χ0) is 11.5. The molecule has 0 saturated carbocycles. The molecule has 1 atom stereocenters. The molecule has 1 rings (SSSR count). The Hall–Kier alpha value is -1.33. The molecule has 0 aromatic carbocycles. The van der Waals surface area contributed by atoms with E-state index in [1.165, 1.54) is 13.2 Å². The lowest BCUT2D eigenvalue weighted by atomic mass is 9.99. The van der Waals surface area contributed by atoms with E-state index >= 15 is 0 Å². The molecule has 0 aliphatic heterocycles. The second kappa shape index (κ2) is 4.46. The van der Waals surface area contributed by atoms with Gasteiger partial charge in [-0.05, 0) is 19.1 Å². The Labute approximate surface area is 87.8 Å². The van der Waals surface area contributed by atoms with Gasteiger partial charge >= 0.3 is 5.97 Å². The van der Waals surface area contributed by atoms with Crippen LogP contribution >= 0.6 is 0 Å². The van der Waals surface area contributed by atoms with Gasteiger partial charge in [0.05, 0.1) is 13.7 Å². The summed E-state index contributed by atoms with van der Waals surface area (Å²) in [6.45, 7) is 1.55. The van der Waals surface area contributed by atoms with E-state index in [1.807, 2.05) is 0 Å². The molecule has 0 bridgehead atoms. The van der Waals surface area contributed by atoms with Gasteiger partial charge in [0, 0.05) is 12.0 Å². The number of furan rings is 1. The Morgan fingerprint density at radius 3 is 2.87 bits per heavy atom. The molecule has 1 heterocycles. The van der Waals surface area contributed by atoms with E-state index < -0.39 is 11.5 Å². The van der Waals surface area contributed by atoms with Crippen molar-refractivity contribution in [1.29, 1.82) is 0 Å². The molecule has 1 unspecified atom stereocenters. The van der Waals surface area contributed by atoms with Crippen LogP contribution in [0.2, 0.25) is 0 Å². The lowest BCUT2D eigenvalue weighted by molar-refractivity contribution is 0.0562. The van der Waals surface area contributed by atoms with Crippen molar-refractivity contribution in [2.24, 2.45) is 5.73 Å². The SMILES string of the molecule is COC(=O)c1ccc(CC(C)(N)CO)o1. The second-order valence-corrected chi connectivity index (χ2v) is 3.75. The minimum absolute atomic E-state index is 0.140. The van der Waals surface area contributed by atoms with Crippen molar-refractivity contribution < 1.29 is 19.1 Å². The van der Waals surface area contributed by atoms with E-state index in [0.717, 1.165) is 0 Å². The zero-order valence-electron chi connectivity index (χ0n) is 8.82. The van der Waals surface area contributed by atoms with Crippen molar-refractivity contribution in [2.75, 3.05) is 13.7 Å². The molecular weight excluding hydrogens is 198 g/mol. The highest BCUT2D eigenvalue weighted by Crippen LogP contribution is 2.14. The van der Waals surface area contributed by atoms with Crippen LogP contribution < -0.4 is 5.73 Å². The van der Waals surface area contributed by atoms with Crippen LogP contribution in [0.5, 0.6) is 0 Å². The molecule has 0 aliphatic carbocycles. The highest BCUT2D eigenvalue weighted by Gasteiger charge is 2.21. The molecule has 0 aliphatic rings. The molecule has 84 valence electrons. The first-order valence-corrected chi connectivity index (χ1v) is 4.55. The first-order valence-electron chi connectivity index (χ1n) is 4.55. The number of aliphatic hydroxyl groups is 1. The monoisotopic (exact) mass is 213 g/mol. The number of aliphatic hydroxyl groups excluding tert-OH is 1. The summed E-state index contributed by atoms with van der Waals surface area (Å²) in [6.07, 6.45) is 0.362. The second-order valence-electron chi connectivity index (χ2n) is 3.75. The molecule has 0 spiro atoms. The summed E-state index contributed by atoms with van der Waals surface area (Å²) >= 11 is 0. The number of carbonyl (C=O) groups excluding carboxylic acids is 1. The van der Waals surface area contributed by atoms with E-state index in [2.05, 4.69) is 4.74 Å². The van der Waals surface area contributed by atoms with E-state index in [9.17, 15) is 4.79 Å². The third-order valence-corrected chi connectivity index (χ3v) is 1.99. The summed E-state index contributed by atoms with van der Waals surface area (Å²) in [4.78, 5) is 11.1. The van der Waals surface area contributed by atoms with Crippen LogP contribution in [0.25, 0.3) is 0 Å². The lowest BCUT2D eigenvalue weighted by Crippen LogP contribution is -2.42. The highest BCUT2D eigenvalue weighted by molar-refractivity contribution is 5.86. The molecule has 1 aromatic heterocycles. The smallest absolute Gasteiger partial charge is 0.373 e. The van der Waals surface area contributed by atoms with Crippen LogP contribution in [0, 0.1) is 0 Å². The predicted octanol–water partition coefficient (Wildman–Crippen LogP) is 0.318. The van der Waals surface area contributed by atoms with E-state index in [0.29, 0.717) is 12.2 Å². The number of hydrogen-bond donors (Lipinski definition) is 2. The minimum atomic E-state index is -0.745. The molecular formula is C10H15NO4. The molecule has 5 nitrogen and oxygen atoms in total. The maximum atomic E-state index is 11.1. The van der Waals surface area contributed by atoms with Crippen LogP contribution in [-0.4, -0.2) is 30.3 Å². The summed E-state index contributed by atoms with van der Waals surface area (Å²) < 4.78 is 9.70. The van der Waals surface area contributed by atoms with E-state index in [-0.39, 0.29) is 12.4 Å². The van der Waals surface area contributed by atoms with Gasteiger partial charge in [-0.25, -0.2) is 4.79 Å². The van der Waals surface area contributed by atoms with Gasteiger partial charge < -0.3 is 20.0 Å². The van der Waals surface area contributed by atoms with Gasteiger partial charge in [-0.3, -0.25) is 0 Å². The fraction of sp³-hybridized carbons (Fsp3) is 0.500. The number of hydrogen-bond acceptors (Lipinski definition) is 5. The Bertz CT molecular complexity index is 343. The van der Waals surface area contributed by atoms with Crippen LogP contribution in [0.1, 0.15) is 23.2 Å². The lowest BCUT2D eigenvalue weighted by Gasteiger charge is -2.19. The summed E-state index contributed by atoms with van der Waals surface area (Å²) in [5.41, 5.74) is 4.99. The standard InChI is InChI=1S/C10H15NO4/c1-10(11,6-12)5-7-3-4-8(15-7)9(13)14-2/h3-4,12H,5-6,11H2,1-2H3. The van der Waals surface area contributed by atoms with Gasteiger partial charge in [-0.2, -0.15) is 0 Å². The number of nitrogens with two attached hydrogens (primary N) is 1. The molecule has 0 radical (unpaired) electrons. The van der Waals surface area contributed by atoms with Gasteiger partial charge in [-0.15, -0.1) is 0 Å². The predicted molar refractivity (Wildman–Crippen MR) is 53.4 cm³/mol. The highest BCUT2D eigenvalue weighted by atomic mass is 16.5. The van der Waals surface area contributed by atoms with Gasteiger partial charge in [0.25, 0.3) is 0 Å². The largest absolute Gasteiger partial charge is 0.463 e. The first kappa shape index (κ1) is 11.7. The normalized spacial score (nSPS) is 14.7. The van der Waals surface area contributed by atoms with Crippen LogP contribution in [0.15, 0.2) is 16.5 Å². The fourth-order valence-electron chi connectivity index (χ4n) is 1.14. The first-order chi connectivity index (χ1) is 6.98. The summed E-state index contributed by atoms with van der Waals surface area (Å²) in [5, 5.41) is 8.96. The van der Waals surface area contributed by atoms with Crippen molar-refractivity contribution >= 4 is 5.97 Å². The quantitative estimate of drug-likeness (QED) is 0.703. The average Bonchev–Trinajstić information content (AvgIpc) is 2.64. The van der Waals surface area contributed by atoms with Gasteiger partial charge in [-0.1, -0.05) is 0 Å². The molecule has 0 saturated heterocycles. The number of rotatable bonds is 4. The Balaban J connectivity index is 2.73. The van der Waals surface area contributed by atoms with Crippen LogP contribution in [0.4, 0.5) is 0 Å². The summed E-state index contributed by atoms with van der Waals surface area (Å²) in [6, 6.07) is 3.17. The van der Waals surface area contributed by atoms with Crippen molar-refractivity contribution in [3.8, 4) is 0 Å². The molecule has 1 aromatic rings. The third-order valence-electron chi connectivity index (χ3n) is 1.99. The zero-order valence-corrected chi connectivity index (χ0v) is 8.82. The van der Waals surface area contributed by atoms with Crippen molar-refractivity contribution in [1.82, 2.24) is 0 Å². The Morgan fingerprint density at radius 1 is 1.67 bits per heavy atom. The van der Waals surface area contributed by atoms with Gasteiger partial charge in [0.1, 0.15) is 5.76 Å². The van der Waals surface area contributed by atoms with Crippen molar-refractivity contribution in [2.45, 2.75) is 18.9 Å². The minimum Gasteiger partial charge on any atom is -0.463 e. The Kier molecular flexibility index (Phi) is 3.49. The summed E-state index contributed by atoms with van der Waals surface area (Å²) in [7, 11) is 1.28. The number of methoxy groups -OCH3 is 1. The van der Waals surface area contributed by atoms with E-state index in [4.69, 9.17) is 15.3 Å². The fourth-order valence-corrected chi connectivity index (χ4v) is 1.14. The average molecular weight is 213 g/mol. The molecule has 15 heavy (non-hydrogen) atoms. The van der Waals surface area contributed by atoms with Gasteiger partial charge in [0.2, 0.25) is 5.76 Å². The number of ether oxygens (including phenoxy) is 1. The van der Waals surface area contributed by atoms with Crippen LogP contribution in [0.3, 0.4) is 0 Å². The molecule has 0 fully saturated rings. The Morgan fingerprint density at radius 2 is 2.33 bits per heavy atom. The number of carbonyl (C=O) groups is 1. The van der Waals surface area contributed by atoms with Gasteiger partial charge in [0.15, 0.2) is 0 Å². The van der Waals surface area contributed by atoms with Crippen LogP contribution in [-0.2, 0) is 11.2 Å². The van der Waals surface area contributed by atoms with Crippen molar-refractivity contribution in [3.63, 3.8) is 0 Å². The molecule has 5 heteroatoms. The maximum absolute atomic E-state index is 11.1. The molecule has 0 amide bonds. The molecule has 3 N–H and O–H groups in total. The number of esters is 1. The third kappa shape index (κ3) is 3.07. The topological polar surface area (TPSA) is 85.7 Å². The van der Waals surface area contributed by atoms with Crippen molar-refractivity contribution in [3.05, 3.63) is 23.7 Å².